The molecule has 9 heteroatoms. The summed E-state index contributed by atoms with van der Waals surface area (Å²) >= 11 is 12.0. The van der Waals surface area contributed by atoms with Gasteiger partial charge in [0.25, 0.3) is 11.8 Å². The lowest BCUT2D eigenvalue weighted by Crippen LogP contribution is -2.31. The van der Waals surface area contributed by atoms with Gasteiger partial charge in [0, 0.05) is 5.69 Å². The van der Waals surface area contributed by atoms with E-state index in [4.69, 9.17) is 23.2 Å². The third-order valence-corrected chi connectivity index (χ3v) is 4.28. The van der Waals surface area contributed by atoms with Crippen LogP contribution in [0.4, 0.5) is 11.6 Å². The number of aryl methyl sites for hydroxylation is 1. The number of nitrogens with one attached hydrogen (secondary N) is 3. The first-order chi connectivity index (χ1) is 13.4. The molecule has 0 aliphatic carbocycles. The van der Waals surface area contributed by atoms with Gasteiger partial charge in [-0.05, 0) is 31.2 Å². The van der Waals surface area contributed by atoms with Crippen molar-refractivity contribution in [3.63, 3.8) is 0 Å². The van der Waals surface area contributed by atoms with E-state index in [0.717, 1.165) is 5.56 Å². The summed E-state index contributed by atoms with van der Waals surface area (Å²) < 4.78 is 0. The predicted molar refractivity (Wildman–Crippen MR) is 109 cm³/mol. The standard InChI is InChI=1S/C19H15Cl2N5O2/c1-11-6-8-12(9-7-11)23-18(28)16-15(21)10-22-19(24-16)26-25-17(27)13-4-2-3-5-14(13)20/h2-10H,1H3,(H,23,28)(H,25,27)(H,22,24,26). The molecule has 2 amide bonds. The minimum atomic E-state index is -0.503. The van der Waals surface area contributed by atoms with Crippen molar-refractivity contribution in [1.82, 2.24) is 15.4 Å². The second-order valence-electron chi connectivity index (χ2n) is 5.77. The summed E-state index contributed by atoms with van der Waals surface area (Å²) in [6, 6.07) is 13.9. The lowest BCUT2D eigenvalue weighted by Gasteiger charge is -2.10. The first-order valence-electron chi connectivity index (χ1n) is 8.15. The Hall–Kier alpha value is -3.16. The largest absolute Gasteiger partial charge is 0.321 e. The van der Waals surface area contributed by atoms with Gasteiger partial charge in [-0.3, -0.25) is 20.4 Å². The Balaban J connectivity index is 1.70. The van der Waals surface area contributed by atoms with Crippen molar-refractivity contribution in [2.75, 3.05) is 10.7 Å². The zero-order valence-electron chi connectivity index (χ0n) is 14.7. The number of hydrogen-bond donors (Lipinski definition) is 3. The molecule has 0 saturated heterocycles. The number of amides is 2. The maximum Gasteiger partial charge on any atom is 0.276 e. The van der Waals surface area contributed by atoms with Gasteiger partial charge >= 0.3 is 0 Å². The van der Waals surface area contributed by atoms with Crippen LogP contribution in [0.2, 0.25) is 10.0 Å². The van der Waals surface area contributed by atoms with Gasteiger partial charge in [0.2, 0.25) is 5.95 Å². The van der Waals surface area contributed by atoms with Crippen molar-refractivity contribution in [1.29, 1.82) is 0 Å². The van der Waals surface area contributed by atoms with Crippen molar-refractivity contribution in [2.45, 2.75) is 6.92 Å². The number of anilines is 2. The van der Waals surface area contributed by atoms with Crippen LogP contribution >= 0.6 is 23.2 Å². The van der Waals surface area contributed by atoms with Crippen LogP contribution in [0.25, 0.3) is 0 Å². The Bertz CT molecular complexity index is 1030. The number of aromatic nitrogens is 2. The van der Waals surface area contributed by atoms with Gasteiger partial charge in [0.1, 0.15) is 0 Å². The second kappa shape index (κ2) is 8.69. The highest BCUT2D eigenvalue weighted by atomic mass is 35.5. The number of benzene rings is 2. The fraction of sp³-hybridized carbons (Fsp3) is 0.0526. The Morgan fingerprint density at radius 3 is 2.36 bits per heavy atom. The summed E-state index contributed by atoms with van der Waals surface area (Å²) in [5, 5.41) is 3.08. The molecule has 142 valence electrons. The van der Waals surface area contributed by atoms with E-state index in [9.17, 15) is 9.59 Å². The molecule has 7 nitrogen and oxygen atoms in total. The Labute approximate surface area is 171 Å². The van der Waals surface area contributed by atoms with Crippen molar-refractivity contribution >= 4 is 46.7 Å². The van der Waals surface area contributed by atoms with Crippen LogP contribution in [0.15, 0.2) is 54.7 Å². The molecule has 2 aromatic carbocycles. The molecule has 1 aromatic heterocycles. The summed E-state index contributed by atoms with van der Waals surface area (Å²) in [5.74, 6) is -0.981. The summed E-state index contributed by atoms with van der Waals surface area (Å²) in [6.45, 7) is 1.95. The Morgan fingerprint density at radius 2 is 1.64 bits per heavy atom. The molecule has 0 spiro atoms. The molecule has 3 rings (SSSR count). The maximum atomic E-state index is 12.5. The summed E-state index contributed by atoms with van der Waals surface area (Å²) in [4.78, 5) is 32.6. The van der Waals surface area contributed by atoms with Crippen molar-refractivity contribution in [3.05, 3.63) is 81.6 Å². The number of hydrogen-bond acceptors (Lipinski definition) is 5. The molecule has 0 fully saturated rings. The van der Waals surface area contributed by atoms with E-state index in [0.29, 0.717) is 10.7 Å². The summed E-state index contributed by atoms with van der Waals surface area (Å²) in [7, 11) is 0. The topological polar surface area (TPSA) is 96.0 Å². The van der Waals surface area contributed by atoms with E-state index in [2.05, 4.69) is 26.1 Å². The molecular weight excluding hydrogens is 401 g/mol. The second-order valence-corrected chi connectivity index (χ2v) is 6.58. The normalized spacial score (nSPS) is 10.2. The summed E-state index contributed by atoms with van der Waals surface area (Å²) in [6.07, 6.45) is 1.27. The monoisotopic (exact) mass is 415 g/mol. The smallest absolute Gasteiger partial charge is 0.276 e. The van der Waals surface area contributed by atoms with E-state index in [-0.39, 0.29) is 22.2 Å². The number of nitrogens with zero attached hydrogens (tertiary/aromatic N) is 2. The van der Waals surface area contributed by atoms with E-state index in [1.54, 1.807) is 36.4 Å². The van der Waals surface area contributed by atoms with Gasteiger partial charge < -0.3 is 5.32 Å². The van der Waals surface area contributed by atoms with Gasteiger partial charge in [-0.2, -0.15) is 0 Å². The minimum absolute atomic E-state index is 0.00106. The van der Waals surface area contributed by atoms with Gasteiger partial charge in [-0.25, -0.2) is 9.97 Å². The molecule has 0 aliphatic rings. The highest BCUT2D eigenvalue weighted by molar-refractivity contribution is 6.34. The van der Waals surface area contributed by atoms with Crippen molar-refractivity contribution in [2.24, 2.45) is 0 Å². The fourth-order valence-electron chi connectivity index (χ4n) is 2.24. The highest BCUT2D eigenvalue weighted by Crippen LogP contribution is 2.17. The predicted octanol–water partition coefficient (Wildman–Crippen LogP) is 4.10. The molecule has 0 aliphatic heterocycles. The molecule has 0 saturated carbocycles. The van der Waals surface area contributed by atoms with E-state index in [1.165, 1.54) is 6.20 Å². The molecule has 3 aromatic rings. The highest BCUT2D eigenvalue weighted by Gasteiger charge is 2.15. The fourth-order valence-corrected chi connectivity index (χ4v) is 2.64. The third kappa shape index (κ3) is 4.76. The SMILES string of the molecule is Cc1ccc(NC(=O)c2nc(NNC(=O)c3ccccc3Cl)ncc2Cl)cc1. The average Bonchev–Trinajstić information content (AvgIpc) is 2.69. The van der Waals surface area contributed by atoms with Crippen LogP contribution in [-0.2, 0) is 0 Å². The molecule has 28 heavy (non-hydrogen) atoms. The molecule has 1 heterocycles. The number of hydrazine groups is 1. The van der Waals surface area contributed by atoms with Gasteiger partial charge in [-0.1, -0.05) is 53.0 Å². The molecule has 0 bridgehead atoms. The first-order valence-corrected chi connectivity index (χ1v) is 8.91. The lowest BCUT2D eigenvalue weighted by atomic mass is 10.2. The molecule has 3 N–H and O–H groups in total. The average molecular weight is 416 g/mol. The molecule has 0 atom stereocenters. The van der Waals surface area contributed by atoms with Gasteiger partial charge in [-0.15, -0.1) is 0 Å². The van der Waals surface area contributed by atoms with Crippen LogP contribution < -0.4 is 16.2 Å². The molecule has 0 radical (unpaired) electrons. The van der Waals surface area contributed by atoms with Crippen LogP contribution in [0.5, 0.6) is 0 Å². The van der Waals surface area contributed by atoms with Gasteiger partial charge in [0.15, 0.2) is 5.69 Å². The molecular formula is C19H15Cl2N5O2. The zero-order valence-corrected chi connectivity index (χ0v) is 16.2. The maximum absolute atomic E-state index is 12.5. The first kappa shape index (κ1) is 19.6. The number of carbonyl (C=O) groups excluding carboxylic acids is 2. The van der Waals surface area contributed by atoms with Crippen molar-refractivity contribution < 1.29 is 9.59 Å². The number of rotatable bonds is 5. The van der Waals surface area contributed by atoms with E-state index in [1.807, 2.05) is 19.1 Å². The number of carbonyl (C=O) groups is 2. The minimum Gasteiger partial charge on any atom is -0.321 e. The Morgan fingerprint density at radius 1 is 0.929 bits per heavy atom. The van der Waals surface area contributed by atoms with Gasteiger partial charge in [0.05, 0.1) is 21.8 Å². The van der Waals surface area contributed by atoms with Crippen molar-refractivity contribution in [3.8, 4) is 0 Å². The molecule has 0 unspecified atom stereocenters. The Kier molecular flexibility index (Phi) is 6.08. The lowest BCUT2D eigenvalue weighted by molar-refractivity contribution is 0.0962. The van der Waals surface area contributed by atoms with Crippen LogP contribution in [0.3, 0.4) is 0 Å². The number of halogens is 2. The van der Waals surface area contributed by atoms with Crippen LogP contribution in [0.1, 0.15) is 26.4 Å². The van der Waals surface area contributed by atoms with E-state index >= 15 is 0 Å². The summed E-state index contributed by atoms with van der Waals surface area (Å²) in [5.41, 5.74) is 6.89. The van der Waals surface area contributed by atoms with Crippen LogP contribution in [0, 0.1) is 6.92 Å². The van der Waals surface area contributed by atoms with E-state index < -0.39 is 11.8 Å². The quantitative estimate of drug-likeness (QED) is 0.545. The van der Waals surface area contributed by atoms with Crippen LogP contribution in [-0.4, -0.2) is 21.8 Å². The zero-order chi connectivity index (χ0) is 20.1. The third-order valence-electron chi connectivity index (χ3n) is 3.67.